The molecule has 0 saturated heterocycles. The minimum absolute atomic E-state index is 0. The molecule has 4 heteroatoms. The number of hydrogen-bond acceptors (Lipinski definition) is 2. The van der Waals surface area contributed by atoms with Crippen molar-refractivity contribution in [3.05, 3.63) is 41.1 Å². The Bertz CT molecular complexity index is 628. The standard InChI is InChI=1S/C15H16ClNO.ClH/c1-15(2)9-17-7-5-12(15)10-3-4-13(16)11-6-8-18-14(10)11;/h3-6,8,17H,7,9H2,1-2H3;1H. The van der Waals surface area contributed by atoms with Crippen LogP contribution in [-0.4, -0.2) is 13.1 Å². The molecule has 0 aliphatic carbocycles. The molecule has 0 fully saturated rings. The van der Waals surface area contributed by atoms with E-state index in [4.69, 9.17) is 16.0 Å². The van der Waals surface area contributed by atoms with Gasteiger partial charge in [0.2, 0.25) is 0 Å². The molecule has 102 valence electrons. The lowest BCUT2D eigenvalue weighted by molar-refractivity contribution is 0.445. The first-order valence-corrected chi connectivity index (χ1v) is 6.55. The zero-order valence-electron chi connectivity index (χ0n) is 11.0. The highest BCUT2D eigenvalue weighted by molar-refractivity contribution is 6.35. The Balaban J connectivity index is 0.00000133. The number of fused-ring (bicyclic) bond motifs is 1. The molecule has 1 aliphatic rings. The van der Waals surface area contributed by atoms with Crippen LogP contribution in [0.2, 0.25) is 5.02 Å². The van der Waals surface area contributed by atoms with Gasteiger partial charge in [-0.25, -0.2) is 0 Å². The average Bonchev–Trinajstić information content (AvgIpc) is 2.80. The van der Waals surface area contributed by atoms with Crippen LogP contribution in [0.4, 0.5) is 0 Å². The third kappa shape index (κ3) is 2.40. The number of hydrogen-bond donors (Lipinski definition) is 1. The van der Waals surface area contributed by atoms with Gasteiger partial charge in [0.1, 0.15) is 5.58 Å². The highest BCUT2D eigenvalue weighted by Gasteiger charge is 2.28. The van der Waals surface area contributed by atoms with Crippen LogP contribution in [0.5, 0.6) is 0 Å². The van der Waals surface area contributed by atoms with Crippen LogP contribution in [0.3, 0.4) is 0 Å². The zero-order valence-corrected chi connectivity index (χ0v) is 12.6. The van der Waals surface area contributed by atoms with E-state index in [1.165, 1.54) is 5.57 Å². The Morgan fingerprint density at radius 3 is 2.79 bits per heavy atom. The van der Waals surface area contributed by atoms with Crippen molar-refractivity contribution in [1.82, 2.24) is 5.32 Å². The van der Waals surface area contributed by atoms with E-state index in [0.717, 1.165) is 34.6 Å². The fourth-order valence-corrected chi connectivity index (χ4v) is 2.86. The number of halogens is 2. The summed E-state index contributed by atoms with van der Waals surface area (Å²) in [6, 6.07) is 5.94. The van der Waals surface area contributed by atoms with Crippen molar-refractivity contribution in [3.63, 3.8) is 0 Å². The molecule has 19 heavy (non-hydrogen) atoms. The second kappa shape index (κ2) is 5.20. The lowest BCUT2D eigenvalue weighted by atomic mass is 9.78. The first kappa shape index (κ1) is 14.4. The van der Waals surface area contributed by atoms with Crippen molar-refractivity contribution in [3.8, 4) is 0 Å². The van der Waals surface area contributed by atoms with Crippen LogP contribution in [0.15, 0.2) is 35.0 Å². The average molecular weight is 298 g/mol. The maximum Gasteiger partial charge on any atom is 0.142 e. The van der Waals surface area contributed by atoms with Crippen molar-refractivity contribution < 1.29 is 4.42 Å². The first-order valence-electron chi connectivity index (χ1n) is 6.17. The topological polar surface area (TPSA) is 25.2 Å². The molecule has 0 atom stereocenters. The van der Waals surface area contributed by atoms with E-state index in [2.05, 4.69) is 31.3 Å². The number of nitrogens with one attached hydrogen (secondary N) is 1. The maximum absolute atomic E-state index is 6.19. The Morgan fingerprint density at radius 2 is 2.05 bits per heavy atom. The van der Waals surface area contributed by atoms with E-state index in [0.29, 0.717) is 0 Å². The summed E-state index contributed by atoms with van der Waals surface area (Å²) in [6.07, 6.45) is 3.95. The fraction of sp³-hybridized carbons (Fsp3) is 0.333. The Morgan fingerprint density at radius 1 is 1.26 bits per heavy atom. The van der Waals surface area contributed by atoms with E-state index in [1.807, 2.05) is 12.1 Å². The summed E-state index contributed by atoms with van der Waals surface area (Å²) in [5.41, 5.74) is 3.48. The van der Waals surface area contributed by atoms with Crippen molar-refractivity contribution in [1.29, 1.82) is 0 Å². The first-order chi connectivity index (χ1) is 8.59. The van der Waals surface area contributed by atoms with Gasteiger partial charge in [-0.05, 0) is 23.8 Å². The minimum Gasteiger partial charge on any atom is -0.464 e. The number of rotatable bonds is 1. The van der Waals surface area contributed by atoms with Gasteiger partial charge in [0.25, 0.3) is 0 Å². The summed E-state index contributed by atoms with van der Waals surface area (Å²) in [6.45, 7) is 6.37. The SMILES string of the molecule is CC1(C)CNCC=C1c1ccc(Cl)c2ccoc12.Cl. The van der Waals surface area contributed by atoms with Gasteiger partial charge in [-0.15, -0.1) is 12.4 Å². The van der Waals surface area contributed by atoms with Crippen molar-refractivity contribution in [2.45, 2.75) is 13.8 Å². The van der Waals surface area contributed by atoms with Gasteiger partial charge in [0, 0.05) is 29.5 Å². The highest BCUT2D eigenvalue weighted by Crippen LogP contribution is 2.40. The molecule has 0 bridgehead atoms. The molecule has 1 aromatic heterocycles. The maximum atomic E-state index is 6.19. The second-order valence-electron chi connectivity index (χ2n) is 5.39. The van der Waals surface area contributed by atoms with Crippen molar-refractivity contribution in [2.24, 2.45) is 5.41 Å². The van der Waals surface area contributed by atoms with E-state index in [9.17, 15) is 0 Å². The fourth-order valence-electron chi connectivity index (χ4n) is 2.64. The summed E-state index contributed by atoms with van der Waals surface area (Å²) < 4.78 is 5.63. The van der Waals surface area contributed by atoms with Gasteiger partial charge >= 0.3 is 0 Å². The van der Waals surface area contributed by atoms with Crippen LogP contribution in [-0.2, 0) is 0 Å². The molecule has 2 heterocycles. The Labute approximate surface area is 124 Å². The van der Waals surface area contributed by atoms with Crippen LogP contribution in [0.25, 0.3) is 16.5 Å². The smallest absolute Gasteiger partial charge is 0.142 e. The number of furan rings is 1. The molecule has 0 saturated carbocycles. The van der Waals surface area contributed by atoms with E-state index < -0.39 is 0 Å². The molecule has 1 N–H and O–H groups in total. The van der Waals surface area contributed by atoms with Gasteiger partial charge < -0.3 is 9.73 Å². The molecular formula is C15H17Cl2NO. The third-order valence-corrected chi connectivity index (χ3v) is 3.93. The van der Waals surface area contributed by atoms with Gasteiger partial charge in [-0.2, -0.15) is 0 Å². The van der Waals surface area contributed by atoms with Crippen LogP contribution in [0.1, 0.15) is 19.4 Å². The normalized spacial score (nSPS) is 17.9. The lowest BCUT2D eigenvalue weighted by Crippen LogP contribution is -2.35. The summed E-state index contributed by atoms with van der Waals surface area (Å²) >= 11 is 6.19. The predicted molar refractivity (Wildman–Crippen MR) is 83.1 cm³/mol. The Kier molecular flexibility index (Phi) is 3.95. The second-order valence-corrected chi connectivity index (χ2v) is 5.80. The highest BCUT2D eigenvalue weighted by atomic mass is 35.5. The zero-order chi connectivity index (χ0) is 12.8. The third-order valence-electron chi connectivity index (χ3n) is 3.60. The monoisotopic (exact) mass is 297 g/mol. The molecule has 0 spiro atoms. The van der Waals surface area contributed by atoms with Crippen molar-refractivity contribution >= 4 is 40.6 Å². The molecule has 0 unspecified atom stereocenters. The van der Waals surface area contributed by atoms with E-state index in [-0.39, 0.29) is 17.8 Å². The van der Waals surface area contributed by atoms with Crippen molar-refractivity contribution in [2.75, 3.05) is 13.1 Å². The molecule has 1 aromatic carbocycles. The lowest BCUT2D eigenvalue weighted by Gasteiger charge is -2.32. The van der Waals surface area contributed by atoms with Crippen LogP contribution >= 0.6 is 24.0 Å². The van der Waals surface area contributed by atoms with Gasteiger partial charge in [0.05, 0.1) is 11.3 Å². The summed E-state index contributed by atoms with van der Waals surface area (Å²) in [7, 11) is 0. The molecule has 0 amide bonds. The summed E-state index contributed by atoms with van der Waals surface area (Å²) in [4.78, 5) is 0. The van der Waals surface area contributed by atoms with Gasteiger partial charge in [-0.1, -0.05) is 31.5 Å². The summed E-state index contributed by atoms with van der Waals surface area (Å²) in [5.74, 6) is 0. The quantitative estimate of drug-likeness (QED) is 0.837. The predicted octanol–water partition coefficient (Wildman–Crippen LogP) is 4.52. The molecule has 2 nitrogen and oxygen atoms in total. The van der Waals surface area contributed by atoms with Gasteiger partial charge in [-0.3, -0.25) is 0 Å². The molecule has 0 radical (unpaired) electrons. The van der Waals surface area contributed by atoms with Gasteiger partial charge in [0.15, 0.2) is 0 Å². The molecular weight excluding hydrogens is 281 g/mol. The molecule has 3 rings (SSSR count). The summed E-state index contributed by atoms with van der Waals surface area (Å²) in [5, 5.41) is 5.13. The molecule has 2 aromatic rings. The van der Waals surface area contributed by atoms with Crippen LogP contribution < -0.4 is 5.32 Å². The number of benzene rings is 1. The minimum atomic E-state index is 0. The largest absolute Gasteiger partial charge is 0.464 e. The van der Waals surface area contributed by atoms with E-state index >= 15 is 0 Å². The van der Waals surface area contributed by atoms with E-state index in [1.54, 1.807) is 6.26 Å². The van der Waals surface area contributed by atoms with Crippen LogP contribution in [0, 0.1) is 5.41 Å². The Hall–Kier alpha value is -0.960. The molecule has 1 aliphatic heterocycles.